The lowest BCUT2D eigenvalue weighted by atomic mass is 10.0. The Kier molecular flexibility index (Phi) is 5.89. The van der Waals surface area contributed by atoms with Gasteiger partial charge >= 0.3 is 0 Å². The van der Waals surface area contributed by atoms with Gasteiger partial charge in [-0.15, -0.1) is 0 Å². The zero-order valence-corrected chi connectivity index (χ0v) is 12.0. The third-order valence-corrected chi connectivity index (χ3v) is 2.67. The largest absolute Gasteiger partial charge is 0.348 e. The number of nitrogens with one attached hydrogen (secondary N) is 1. The number of carbonyl (C=O) groups excluding carboxylic acids is 1. The molecule has 0 aliphatic carbocycles. The van der Waals surface area contributed by atoms with Crippen LogP contribution in [0.5, 0.6) is 0 Å². The Morgan fingerprint density at radius 2 is 2.16 bits per heavy atom. The average molecular weight is 267 g/mol. The van der Waals surface area contributed by atoms with Crippen molar-refractivity contribution in [1.82, 2.24) is 15.2 Å². The molecule has 1 unspecified atom stereocenters. The highest BCUT2D eigenvalue weighted by Gasteiger charge is 2.16. The van der Waals surface area contributed by atoms with Gasteiger partial charge in [-0.2, -0.15) is 4.39 Å². The second-order valence-corrected chi connectivity index (χ2v) is 5.43. The fraction of sp³-hybridized carbons (Fsp3) is 0.571. The van der Waals surface area contributed by atoms with Crippen molar-refractivity contribution in [2.24, 2.45) is 5.92 Å². The SMILES string of the molecule is CC(C)CC(CN(C)C)NC(=O)c1ccnc(F)c1. The van der Waals surface area contributed by atoms with Gasteiger partial charge in [-0.1, -0.05) is 13.8 Å². The molecule has 1 atom stereocenters. The van der Waals surface area contributed by atoms with Gasteiger partial charge in [-0.05, 0) is 32.5 Å². The first kappa shape index (κ1) is 15.6. The molecule has 1 heterocycles. The summed E-state index contributed by atoms with van der Waals surface area (Å²) in [7, 11) is 3.93. The quantitative estimate of drug-likeness (QED) is 0.801. The number of rotatable bonds is 6. The van der Waals surface area contributed by atoms with Crippen LogP contribution in [0.3, 0.4) is 0 Å². The summed E-state index contributed by atoms with van der Waals surface area (Å²) in [6, 6.07) is 2.72. The molecule has 1 rings (SSSR count). The van der Waals surface area contributed by atoms with E-state index in [2.05, 4.69) is 24.1 Å². The van der Waals surface area contributed by atoms with Crippen molar-refractivity contribution in [3.63, 3.8) is 0 Å². The van der Waals surface area contributed by atoms with Crippen LogP contribution in [0.25, 0.3) is 0 Å². The van der Waals surface area contributed by atoms with Crippen LogP contribution >= 0.6 is 0 Å². The van der Waals surface area contributed by atoms with Gasteiger partial charge in [0, 0.05) is 30.4 Å². The van der Waals surface area contributed by atoms with Crippen LogP contribution in [0.4, 0.5) is 4.39 Å². The van der Waals surface area contributed by atoms with Crippen molar-refractivity contribution in [2.75, 3.05) is 20.6 Å². The van der Waals surface area contributed by atoms with E-state index in [9.17, 15) is 9.18 Å². The molecule has 0 aliphatic heterocycles. The van der Waals surface area contributed by atoms with Crippen LogP contribution in [0, 0.1) is 11.9 Å². The van der Waals surface area contributed by atoms with Crippen molar-refractivity contribution in [1.29, 1.82) is 0 Å². The standard InChI is InChI=1S/C14H22FN3O/c1-10(2)7-12(9-18(3)4)17-14(19)11-5-6-16-13(15)8-11/h5-6,8,10,12H,7,9H2,1-4H3,(H,17,19). The van der Waals surface area contributed by atoms with E-state index in [1.165, 1.54) is 12.3 Å². The highest BCUT2D eigenvalue weighted by molar-refractivity contribution is 5.94. The summed E-state index contributed by atoms with van der Waals surface area (Å²) in [5.74, 6) is -0.408. The number of aromatic nitrogens is 1. The van der Waals surface area contributed by atoms with Crippen LogP contribution in [-0.4, -0.2) is 42.5 Å². The van der Waals surface area contributed by atoms with Crippen molar-refractivity contribution in [3.8, 4) is 0 Å². The predicted molar refractivity (Wildman–Crippen MR) is 73.5 cm³/mol. The zero-order chi connectivity index (χ0) is 14.4. The molecule has 0 bridgehead atoms. The van der Waals surface area contributed by atoms with Crippen molar-refractivity contribution >= 4 is 5.91 Å². The predicted octanol–water partition coefficient (Wildman–Crippen LogP) is 1.93. The molecule has 5 heteroatoms. The maximum absolute atomic E-state index is 13.0. The molecule has 1 amide bonds. The first-order chi connectivity index (χ1) is 8.88. The van der Waals surface area contributed by atoms with Gasteiger partial charge in [0.1, 0.15) is 0 Å². The van der Waals surface area contributed by atoms with Crippen LogP contribution in [-0.2, 0) is 0 Å². The molecular formula is C14H22FN3O. The van der Waals surface area contributed by atoms with Crippen molar-refractivity contribution < 1.29 is 9.18 Å². The molecule has 0 saturated heterocycles. The molecule has 0 spiro atoms. The maximum atomic E-state index is 13.0. The van der Waals surface area contributed by atoms with Gasteiger partial charge in [-0.3, -0.25) is 4.79 Å². The molecular weight excluding hydrogens is 245 g/mol. The molecule has 0 fully saturated rings. The summed E-state index contributed by atoms with van der Waals surface area (Å²) in [6.07, 6.45) is 2.19. The molecule has 0 radical (unpaired) electrons. The Bertz CT molecular complexity index is 411. The Morgan fingerprint density at radius 3 is 2.68 bits per heavy atom. The van der Waals surface area contributed by atoms with E-state index < -0.39 is 5.95 Å². The van der Waals surface area contributed by atoms with E-state index in [-0.39, 0.29) is 11.9 Å². The number of pyridine rings is 1. The lowest BCUT2D eigenvalue weighted by molar-refractivity contribution is 0.0924. The summed E-state index contributed by atoms with van der Waals surface area (Å²) in [6.45, 7) is 4.99. The minimum Gasteiger partial charge on any atom is -0.348 e. The Labute approximate surface area is 114 Å². The monoisotopic (exact) mass is 267 g/mol. The first-order valence-corrected chi connectivity index (χ1v) is 6.45. The number of hydrogen-bond acceptors (Lipinski definition) is 3. The minimum absolute atomic E-state index is 0.0544. The molecule has 0 aromatic carbocycles. The maximum Gasteiger partial charge on any atom is 0.251 e. The van der Waals surface area contributed by atoms with Gasteiger partial charge < -0.3 is 10.2 Å². The average Bonchev–Trinajstić information content (AvgIpc) is 2.26. The third kappa shape index (κ3) is 5.79. The van der Waals surface area contributed by atoms with Gasteiger partial charge in [-0.25, -0.2) is 4.98 Å². The lowest BCUT2D eigenvalue weighted by Gasteiger charge is -2.24. The summed E-state index contributed by atoms with van der Waals surface area (Å²) >= 11 is 0. The number of halogens is 1. The number of likely N-dealkylation sites (N-methyl/N-ethyl adjacent to an activating group) is 1. The molecule has 1 N–H and O–H groups in total. The Hall–Kier alpha value is -1.49. The fourth-order valence-electron chi connectivity index (χ4n) is 2.00. The van der Waals surface area contributed by atoms with E-state index in [4.69, 9.17) is 0 Å². The molecule has 19 heavy (non-hydrogen) atoms. The van der Waals surface area contributed by atoms with Crippen molar-refractivity contribution in [3.05, 3.63) is 29.8 Å². The van der Waals surface area contributed by atoms with E-state index >= 15 is 0 Å². The number of nitrogens with zero attached hydrogens (tertiary/aromatic N) is 2. The number of amides is 1. The normalized spacial score (nSPS) is 12.8. The third-order valence-electron chi connectivity index (χ3n) is 2.67. The lowest BCUT2D eigenvalue weighted by Crippen LogP contribution is -2.42. The molecule has 0 aliphatic rings. The van der Waals surface area contributed by atoms with E-state index in [0.717, 1.165) is 19.0 Å². The topological polar surface area (TPSA) is 45.2 Å². The van der Waals surface area contributed by atoms with Crippen molar-refractivity contribution in [2.45, 2.75) is 26.3 Å². The number of carbonyl (C=O) groups is 1. The van der Waals surface area contributed by atoms with Gasteiger partial charge in [0.2, 0.25) is 5.95 Å². The second kappa shape index (κ2) is 7.19. The molecule has 1 aromatic heterocycles. The van der Waals surface area contributed by atoms with Crippen LogP contribution in [0.2, 0.25) is 0 Å². The van der Waals surface area contributed by atoms with Crippen LogP contribution in [0.1, 0.15) is 30.6 Å². The fourth-order valence-corrected chi connectivity index (χ4v) is 2.00. The zero-order valence-electron chi connectivity index (χ0n) is 12.0. The molecule has 4 nitrogen and oxygen atoms in total. The summed E-state index contributed by atoms with van der Waals surface area (Å²) in [4.78, 5) is 17.5. The first-order valence-electron chi connectivity index (χ1n) is 6.45. The van der Waals surface area contributed by atoms with E-state index in [0.29, 0.717) is 11.5 Å². The summed E-state index contributed by atoms with van der Waals surface area (Å²) < 4.78 is 13.0. The van der Waals surface area contributed by atoms with Crippen LogP contribution in [0.15, 0.2) is 18.3 Å². The summed E-state index contributed by atoms with van der Waals surface area (Å²) in [5, 5.41) is 2.95. The molecule has 106 valence electrons. The summed E-state index contributed by atoms with van der Waals surface area (Å²) in [5.41, 5.74) is 0.306. The second-order valence-electron chi connectivity index (χ2n) is 5.43. The smallest absolute Gasteiger partial charge is 0.251 e. The van der Waals surface area contributed by atoms with E-state index in [1.807, 2.05) is 19.0 Å². The molecule has 1 aromatic rings. The Balaban J connectivity index is 2.69. The van der Waals surface area contributed by atoms with E-state index in [1.54, 1.807) is 0 Å². The van der Waals surface area contributed by atoms with Gasteiger partial charge in [0.15, 0.2) is 0 Å². The Morgan fingerprint density at radius 1 is 1.47 bits per heavy atom. The van der Waals surface area contributed by atoms with Crippen LogP contribution < -0.4 is 5.32 Å². The highest BCUT2D eigenvalue weighted by atomic mass is 19.1. The molecule has 0 saturated carbocycles. The minimum atomic E-state index is -0.638. The number of hydrogen-bond donors (Lipinski definition) is 1. The highest BCUT2D eigenvalue weighted by Crippen LogP contribution is 2.07. The van der Waals surface area contributed by atoms with Gasteiger partial charge in [0.25, 0.3) is 5.91 Å². The van der Waals surface area contributed by atoms with Gasteiger partial charge in [0.05, 0.1) is 0 Å².